The van der Waals surface area contributed by atoms with Crippen molar-refractivity contribution >= 4 is 23.2 Å². The van der Waals surface area contributed by atoms with Crippen LogP contribution in [0.1, 0.15) is 40.4 Å². The van der Waals surface area contributed by atoms with E-state index in [0.29, 0.717) is 23.9 Å². The summed E-state index contributed by atoms with van der Waals surface area (Å²) in [4.78, 5) is 33.4. The molecule has 4 rings (SSSR count). The van der Waals surface area contributed by atoms with E-state index in [-0.39, 0.29) is 11.8 Å². The first-order chi connectivity index (χ1) is 11.6. The van der Waals surface area contributed by atoms with Gasteiger partial charge in [-0.25, -0.2) is 4.98 Å². The second kappa shape index (κ2) is 6.44. The topological polar surface area (TPSA) is 73.7 Å². The smallest absolute Gasteiger partial charge is 0.308 e. The molecule has 130 valence electrons. The molecule has 2 aliphatic heterocycles. The lowest BCUT2D eigenvalue weighted by Crippen LogP contribution is -2.29. The number of aromatic nitrogens is 1. The van der Waals surface area contributed by atoms with E-state index in [9.17, 15) is 14.7 Å². The fraction of sp³-hybridized carbons (Fsp3) is 0.706. The molecular weight excluding hydrogens is 326 g/mol. The Labute approximate surface area is 145 Å². The second-order valence-corrected chi connectivity index (χ2v) is 8.37. The van der Waals surface area contributed by atoms with Crippen molar-refractivity contribution in [3.8, 4) is 0 Å². The number of hydrogen-bond donors (Lipinski definition) is 1. The van der Waals surface area contributed by atoms with Gasteiger partial charge >= 0.3 is 5.97 Å². The molecule has 3 aliphatic rings. The Morgan fingerprint density at radius 2 is 2.00 bits per heavy atom. The highest BCUT2D eigenvalue weighted by molar-refractivity contribution is 7.13. The maximum absolute atomic E-state index is 12.7. The average Bonchev–Trinajstić information content (AvgIpc) is 2.99. The number of amides is 1. The van der Waals surface area contributed by atoms with E-state index in [1.54, 1.807) is 11.1 Å². The summed E-state index contributed by atoms with van der Waals surface area (Å²) >= 11 is 1.46. The van der Waals surface area contributed by atoms with Gasteiger partial charge in [0.25, 0.3) is 5.91 Å². The zero-order valence-corrected chi connectivity index (χ0v) is 14.5. The van der Waals surface area contributed by atoms with Gasteiger partial charge in [0, 0.05) is 13.1 Å². The van der Waals surface area contributed by atoms with Crippen LogP contribution in [0.5, 0.6) is 0 Å². The molecule has 0 bridgehead atoms. The fourth-order valence-corrected chi connectivity index (χ4v) is 4.96. The molecule has 0 unspecified atom stereocenters. The third kappa shape index (κ3) is 3.19. The summed E-state index contributed by atoms with van der Waals surface area (Å²) < 4.78 is 0. The number of likely N-dealkylation sites (tertiary alicyclic amines) is 2. The van der Waals surface area contributed by atoms with Gasteiger partial charge in [0.2, 0.25) is 0 Å². The lowest BCUT2D eigenvalue weighted by molar-refractivity contribution is -0.142. The van der Waals surface area contributed by atoms with Crippen LogP contribution in [0.15, 0.2) is 6.20 Å². The molecule has 1 N–H and O–H groups in total. The highest BCUT2D eigenvalue weighted by atomic mass is 32.1. The molecule has 3 fully saturated rings. The number of hydrogen-bond acceptors (Lipinski definition) is 5. The first kappa shape index (κ1) is 16.0. The maximum Gasteiger partial charge on any atom is 0.308 e. The molecule has 2 saturated heterocycles. The fourth-order valence-electron chi connectivity index (χ4n) is 4.03. The SMILES string of the molecule is O=C(O)[C@@H]1CN(C(=O)c2cnc(CN3CCCC3)s2)C[C@H]1C1CC1. The summed E-state index contributed by atoms with van der Waals surface area (Å²) in [7, 11) is 0. The van der Waals surface area contributed by atoms with Crippen molar-refractivity contribution in [2.75, 3.05) is 26.2 Å². The van der Waals surface area contributed by atoms with Gasteiger partial charge in [0.05, 0.1) is 18.7 Å². The van der Waals surface area contributed by atoms with Gasteiger partial charge in [0.15, 0.2) is 0 Å². The Balaban J connectivity index is 1.42. The van der Waals surface area contributed by atoms with Gasteiger partial charge in [-0.2, -0.15) is 0 Å². The Kier molecular flexibility index (Phi) is 4.30. The van der Waals surface area contributed by atoms with Crippen LogP contribution in [-0.4, -0.2) is 57.9 Å². The van der Waals surface area contributed by atoms with Gasteiger partial charge in [-0.15, -0.1) is 11.3 Å². The van der Waals surface area contributed by atoms with Crippen LogP contribution in [0.4, 0.5) is 0 Å². The Morgan fingerprint density at radius 3 is 2.67 bits per heavy atom. The number of carbonyl (C=O) groups is 2. The van der Waals surface area contributed by atoms with Crippen molar-refractivity contribution in [2.24, 2.45) is 17.8 Å². The van der Waals surface area contributed by atoms with Crippen LogP contribution in [0, 0.1) is 17.8 Å². The number of aliphatic carboxylic acids is 1. The van der Waals surface area contributed by atoms with E-state index in [2.05, 4.69) is 9.88 Å². The molecule has 24 heavy (non-hydrogen) atoms. The molecule has 1 aromatic rings. The minimum Gasteiger partial charge on any atom is -0.481 e. The molecule has 1 aliphatic carbocycles. The lowest BCUT2D eigenvalue weighted by atomic mass is 9.92. The number of carboxylic acids is 1. The summed E-state index contributed by atoms with van der Waals surface area (Å²) in [6.07, 6.45) is 6.36. The van der Waals surface area contributed by atoms with Crippen molar-refractivity contribution in [3.63, 3.8) is 0 Å². The molecule has 1 aromatic heterocycles. The molecule has 0 radical (unpaired) electrons. The largest absolute Gasteiger partial charge is 0.481 e. The summed E-state index contributed by atoms with van der Waals surface area (Å²) in [5.41, 5.74) is 0. The Morgan fingerprint density at radius 1 is 1.25 bits per heavy atom. The van der Waals surface area contributed by atoms with E-state index >= 15 is 0 Å². The third-order valence-electron chi connectivity index (χ3n) is 5.52. The van der Waals surface area contributed by atoms with E-state index in [1.807, 2.05) is 0 Å². The summed E-state index contributed by atoms with van der Waals surface area (Å²) in [6.45, 7) is 3.96. The van der Waals surface area contributed by atoms with E-state index in [4.69, 9.17) is 0 Å². The standard InChI is InChI=1S/C17H23N3O3S/c21-16(14-7-18-15(24-14)10-19-5-1-2-6-19)20-8-12(11-3-4-11)13(9-20)17(22)23/h7,11-13H,1-6,8-10H2,(H,22,23)/t12-,13+/m0/s1. The molecule has 0 spiro atoms. The van der Waals surface area contributed by atoms with Gasteiger partial charge < -0.3 is 10.0 Å². The van der Waals surface area contributed by atoms with Crippen LogP contribution < -0.4 is 0 Å². The number of nitrogens with zero attached hydrogens (tertiary/aromatic N) is 3. The van der Waals surface area contributed by atoms with Crippen LogP contribution in [0.3, 0.4) is 0 Å². The lowest BCUT2D eigenvalue weighted by Gasteiger charge is -2.15. The van der Waals surface area contributed by atoms with Crippen molar-refractivity contribution in [1.82, 2.24) is 14.8 Å². The predicted molar refractivity (Wildman–Crippen MR) is 89.9 cm³/mol. The van der Waals surface area contributed by atoms with Crippen molar-refractivity contribution in [2.45, 2.75) is 32.2 Å². The minimum absolute atomic E-state index is 0.0467. The zero-order chi connectivity index (χ0) is 16.7. The molecular formula is C17H23N3O3S. The van der Waals surface area contributed by atoms with Crippen LogP contribution in [-0.2, 0) is 11.3 Å². The van der Waals surface area contributed by atoms with E-state index < -0.39 is 11.9 Å². The van der Waals surface area contributed by atoms with Crippen molar-refractivity contribution in [3.05, 3.63) is 16.1 Å². The molecule has 6 nitrogen and oxygen atoms in total. The maximum atomic E-state index is 12.7. The van der Waals surface area contributed by atoms with Crippen LogP contribution >= 0.6 is 11.3 Å². The summed E-state index contributed by atoms with van der Waals surface area (Å²) in [5, 5.41) is 10.4. The quantitative estimate of drug-likeness (QED) is 0.879. The normalized spacial score (nSPS) is 27.8. The summed E-state index contributed by atoms with van der Waals surface area (Å²) in [6, 6.07) is 0. The van der Waals surface area contributed by atoms with Crippen molar-refractivity contribution < 1.29 is 14.7 Å². The third-order valence-corrected chi connectivity index (χ3v) is 6.49. The highest BCUT2D eigenvalue weighted by Gasteiger charge is 2.47. The monoisotopic (exact) mass is 349 g/mol. The predicted octanol–water partition coefficient (Wildman–Crippen LogP) is 1.92. The summed E-state index contributed by atoms with van der Waals surface area (Å²) in [5.74, 6) is -0.589. The second-order valence-electron chi connectivity index (χ2n) is 7.26. The van der Waals surface area contributed by atoms with Gasteiger partial charge in [-0.3, -0.25) is 14.5 Å². The Hall–Kier alpha value is -1.47. The molecule has 0 aromatic carbocycles. The van der Waals surface area contributed by atoms with Crippen LogP contribution in [0.25, 0.3) is 0 Å². The molecule has 1 amide bonds. The molecule has 7 heteroatoms. The van der Waals surface area contributed by atoms with Gasteiger partial charge in [-0.1, -0.05) is 0 Å². The first-order valence-electron chi connectivity index (χ1n) is 8.81. The van der Waals surface area contributed by atoms with E-state index in [0.717, 1.165) is 37.5 Å². The number of thiazole rings is 1. The van der Waals surface area contributed by atoms with Gasteiger partial charge in [-0.05, 0) is 50.6 Å². The highest BCUT2D eigenvalue weighted by Crippen LogP contribution is 2.44. The van der Waals surface area contributed by atoms with E-state index in [1.165, 1.54) is 24.2 Å². The Bertz CT molecular complexity index is 637. The number of carboxylic acid groups (broad SMARTS) is 1. The van der Waals surface area contributed by atoms with Gasteiger partial charge in [0.1, 0.15) is 9.88 Å². The zero-order valence-electron chi connectivity index (χ0n) is 13.7. The average molecular weight is 349 g/mol. The van der Waals surface area contributed by atoms with Crippen LogP contribution in [0.2, 0.25) is 0 Å². The van der Waals surface area contributed by atoms with Crippen molar-refractivity contribution in [1.29, 1.82) is 0 Å². The molecule has 3 heterocycles. The molecule has 2 atom stereocenters. The first-order valence-corrected chi connectivity index (χ1v) is 9.62. The molecule has 1 saturated carbocycles. The number of carbonyl (C=O) groups excluding carboxylic acids is 1. The minimum atomic E-state index is -0.763. The number of rotatable bonds is 5.